The summed E-state index contributed by atoms with van der Waals surface area (Å²) >= 11 is 3.36. The minimum absolute atomic E-state index is 0.0534. The highest BCUT2D eigenvalue weighted by molar-refractivity contribution is 9.10. The number of para-hydroxylation sites is 1. The molecule has 0 spiro atoms. The average Bonchev–Trinajstić information content (AvgIpc) is 2.62. The molecule has 3 rings (SSSR count). The molecule has 1 N–H and O–H groups in total. The van der Waals surface area contributed by atoms with Crippen molar-refractivity contribution < 1.29 is 19.1 Å². The van der Waals surface area contributed by atoms with E-state index in [1.54, 1.807) is 18.2 Å². The van der Waals surface area contributed by atoms with Crippen molar-refractivity contribution in [1.29, 1.82) is 0 Å². The number of fused-ring (bicyclic) bond motifs is 1. The lowest BCUT2D eigenvalue weighted by Crippen LogP contribution is -2.45. The zero-order valence-corrected chi connectivity index (χ0v) is 15.0. The summed E-state index contributed by atoms with van der Waals surface area (Å²) in [7, 11) is 0. The number of nitrogens with one attached hydrogen (secondary N) is 1. The van der Waals surface area contributed by atoms with Gasteiger partial charge in [-0.05, 0) is 30.3 Å². The van der Waals surface area contributed by atoms with Crippen LogP contribution in [0.1, 0.15) is 0 Å². The van der Waals surface area contributed by atoms with Gasteiger partial charge in [0.05, 0.1) is 12.2 Å². The topological polar surface area (TPSA) is 67.9 Å². The maximum atomic E-state index is 12.1. The number of carbonyl (C=O) groups is 2. The van der Waals surface area contributed by atoms with Crippen molar-refractivity contribution in [2.45, 2.75) is 0 Å². The number of nitrogens with zero attached hydrogens (tertiary/aromatic N) is 1. The predicted molar refractivity (Wildman–Crippen MR) is 96.9 cm³/mol. The predicted octanol–water partition coefficient (Wildman–Crippen LogP) is 2.37. The molecule has 2 aromatic carbocycles. The monoisotopic (exact) mass is 404 g/mol. The molecule has 7 heteroatoms. The number of ether oxygens (including phenoxy) is 2. The van der Waals surface area contributed by atoms with Crippen molar-refractivity contribution in [3.8, 4) is 11.5 Å². The van der Waals surface area contributed by atoms with Crippen molar-refractivity contribution in [2.75, 3.05) is 31.2 Å². The number of amides is 2. The van der Waals surface area contributed by atoms with Gasteiger partial charge in [0.2, 0.25) is 5.91 Å². The van der Waals surface area contributed by atoms with Crippen LogP contribution in [0.2, 0.25) is 0 Å². The van der Waals surface area contributed by atoms with E-state index in [0.717, 1.165) is 10.2 Å². The molecule has 2 aromatic rings. The molecule has 0 radical (unpaired) electrons. The van der Waals surface area contributed by atoms with Crippen LogP contribution in [0.4, 0.5) is 5.69 Å². The smallest absolute Gasteiger partial charge is 0.265 e. The molecule has 25 heavy (non-hydrogen) atoms. The molecule has 0 saturated carbocycles. The van der Waals surface area contributed by atoms with Gasteiger partial charge in [-0.1, -0.05) is 34.1 Å². The molecule has 0 fully saturated rings. The van der Waals surface area contributed by atoms with Crippen molar-refractivity contribution in [1.82, 2.24) is 5.32 Å². The van der Waals surface area contributed by atoms with Crippen LogP contribution in [0.5, 0.6) is 11.5 Å². The Bertz CT molecular complexity index is 767. The second kappa shape index (κ2) is 8.02. The van der Waals surface area contributed by atoms with Gasteiger partial charge < -0.3 is 14.8 Å². The van der Waals surface area contributed by atoms with Crippen LogP contribution in [0.25, 0.3) is 0 Å². The van der Waals surface area contributed by atoms with Crippen LogP contribution < -0.4 is 19.7 Å². The fourth-order valence-corrected chi connectivity index (χ4v) is 2.77. The summed E-state index contributed by atoms with van der Waals surface area (Å²) in [6, 6.07) is 14.7. The van der Waals surface area contributed by atoms with Crippen molar-refractivity contribution in [2.24, 2.45) is 0 Å². The van der Waals surface area contributed by atoms with Crippen LogP contribution in [0, 0.1) is 0 Å². The molecule has 1 aliphatic heterocycles. The Morgan fingerprint density at radius 2 is 2.04 bits per heavy atom. The molecule has 0 saturated heterocycles. The van der Waals surface area contributed by atoms with Gasteiger partial charge in [-0.25, -0.2) is 0 Å². The zero-order valence-electron chi connectivity index (χ0n) is 13.4. The first kappa shape index (κ1) is 17.3. The molecule has 130 valence electrons. The van der Waals surface area contributed by atoms with E-state index >= 15 is 0 Å². The Morgan fingerprint density at radius 3 is 2.84 bits per heavy atom. The van der Waals surface area contributed by atoms with E-state index in [9.17, 15) is 9.59 Å². The number of benzene rings is 2. The molecule has 0 bridgehead atoms. The number of rotatable bonds is 6. The first-order valence-electron chi connectivity index (χ1n) is 7.81. The molecule has 0 aliphatic carbocycles. The Hall–Kier alpha value is -2.54. The van der Waals surface area contributed by atoms with Crippen LogP contribution in [0.3, 0.4) is 0 Å². The molecule has 0 unspecified atom stereocenters. The van der Waals surface area contributed by atoms with Gasteiger partial charge in [-0.3, -0.25) is 14.5 Å². The summed E-state index contributed by atoms with van der Waals surface area (Å²) in [6.07, 6.45) is 0. The molecular weight excluding hydrogens is 388 g/mol. The van der Waals surface area contributed by atoms with Gasteiger partial charge in [0.25, 0.3) is 5.91 Å². The molecule has 1 heterocycles. The van der Waals surface area contributed by atoms with E-state index in [-0.39, 0.29) is 25.0 Å². The highest BCUT2D eigenvalue weighted by Gasteiger charge is 2.27. The minimum Gasteiger partial charge on any atom is -0.492 e. The van der Waals surface area contributed by atoms with Gasteiger partial charge in [-0.2, -0.15) is 0 Å². The number of halogens is 1. The van der Waals surface area contributed by atoms with Crippen molar-refractivity contribution in [3.63, 3.8) is 0 Å². The largest absolute Gasteiger partial charge is 0.492 e. The summed E-state index contributed by atoms with van der Waals surface area (Å²) < 4.78 is 11.8. The Labute approximate surface area is 153 Å². The number of carbonyl (C=O) groups excluding carboxylic acids is 2. The highest BCUT2D eigenvalue weighted by Crippen LogP contribution is 2.34. The fourth-order valence-electron chi connectivity index (χ4n) is 2.43. The number of anilines is 1. The van der Waals surface area contributed by atoms with Crippen LogP contribution in [0.15, 0.2) is 53.0 Å². The van der Waals surface area contributed by atoms with E-state index < -0.39 is 0 Å². The van der Waals surface area contributed by atoms with Crippen molar-refractivity contribution in [3.05, 3.63) is 53.0 Å². The highest BCUT2D eigenvalue weighted by atomic mass is 79.9. The Kier molecular flexibility index (Phi) is 5.55. The fraction of sp³-hybridized carbons (Fsp3) is 0.222. The van der Waals surface area contributed by atoms with Gasteiger partial charge in [0.1, 0.15) is 24.7 Å². The summed E-state index contributed by atoms with van der Waals surface area (Å²) in [5.74, 6) is 0.833. The van der Waals surface area contributed by atoms with Crippen LogP contribution in [-0.4, -0.2) is 38.1 Å². The quantitative estimate of drug-likeness (QED) is 0.750. The third-order valence-corrected chi connectivity index (χ3v) is 4.10. The van der Waals surface area contributed by atoms with E-state index in [1.807, 2.05) is 30.3 Å². The van der Waals surface area contributed by atoms with Crippen LogP contribution in [-0.2, 0) is 9.59 Å². The standard InChI is InChI=1S/C18H17BrN2O4/c19-13-6-7-15-16(10-13)25-12-18(23)21(15)11-17(22)20-8-9-24-14-4-2-1-3-5-14/h1-7,10H,8-9,11-12H2,(H,20,22). The van der Waals surface area contributed by atoms with E-state index in [1.165, 1.54) is 4.90 Å². The van der Waals surface area contributed by atoms with Gasteiger partial charge >= 0.3 is 0 Å². The molecule has 2 amide bonds. The second-order valence-corrected chi connectivity index (χ2v) is 6.31. The lowest BCUT2D eigenvalue weighted by Gasteiger charge is -2.29. The minimum atomic E-state index is -0.249. The van der Waals surface area contributed by atoms with Gasteiger partial charge in [0, 0.05) is 4.47 Å². The molecule has 6 nitrogen and oxygen atoms in total. The number of hydrogen-bond acceptors (Lipinski definition) is 4. The second-order valence-electron chi connectivity index (χ2n) is 5.39. The maximum absolute atomic E-state index is 12.1. The Morgan fingerprint density at radius 1 is 1.24 bits per heavy atom. The zero-order chi connectivity index (χ0) is 17.6. The Balaban J connectivity index is 1.52. The van der Waals surface area contributed by atoms with Crippen LogP contribution >= 0.6 is 15.9 Å². The van der Waals surface area contributed by atoms with E-state index in [0.29, 0.717) is 24.6 Å². The molecule has 1 aliphatic rings. The maximum Gasteiger partial charge on any atom is 0.265 e. The lowest BCUT2D eigenvalue weighted by molar-refractivity contribution is -0.125. The number of hydrogen-bond donors (Lipinski definition) is 1. The summed E-state index contributed by atoms with van der Waals surface area (Å²) in [6.45, 7) is 0.589. The molecular formula is C18H17BrN2O4. The SMILES string of the molecule is O=C(CN1C(=O)COc2cc(Br)ccc21)NCCOc1ccccc1. The first-order chi connectivity index (χ1) is 12.1. The average molecular weight is 405 g/mol. The summed E-state index contributed by atoms with van der Waals surface area (Å²) in [4.78, 5) is 25.6. The van der Waals surface area contributed by atoms with Gasteiger partial charge in [-0.15, -0.1) is 0 Å². The van der Waals surface area contributed by atoms with Crippen molar-refractivity contribution >= 4 is 33.4 Å². The third-order valence-electron chi connectivity index (χ3n) is 3.60. The van der Waals surface area contributed by atoms with Gasteiger partial charge in [0.15, 0.2) is 6.61 Å². The molecule has 0 aromatic heterocycles. The first-order valence-corrected chi connectivity index (χ1v) is 8.60. The molecule has 0 atom stereocenters. The van der Waals surface area contributed by atoms with E-state index in [2.05, 4.69) is 21.2 Å². The summed E-state index contributed by atoms with van der Waals surface area (Å²) in [5, 5.41) is 2.76. The van der Waals surface area contributed by atoms with E-state index in [4.69, 9.17) is 9.47 Å². The lowest BCUT2D eigenvalue weighted by atomic mass is 10.2. The summed E-state index contributed by atoms with van der Waals surface area (Å²) in [5.41, 5.74) is 0.593. The normalized spacial score (nSPS) is 13.0. The third kappa shape index (κ3) is 4.51.